The highest BCUT2D eigenvalue weighted by Gasteiger charge is 2.15. The van der Waals surface area contributed by atoms with Crippen LogP contribution in [0.3, 0.4) is 0 Å². The first-order chi connectivity index (χ1) is 9.28. The molecule has 1 heterocycles. The van der Waals surface area contributed by atoms with E-state index < -0.39 is 0 Å². The topological polar surface area (TPSA) is 33.7 Å². The Morgan fingerprint density at radius 3 is 2.79 bits per heavy atom. The standard InChI is InChI=1S/C15H24N2O2/c1-3-18-14-6-4-13(5-7-14)11-17(2)12-15-10-16-8-9-19-15/h4-7,15-16H,3,8-12H2,1-2H3. The van der Waals surface area contributed by atoms with Crippen LogP contribution in [0, 0.1) is 0 Å². The summed E-state index contributed by atoms with van der Waals surface area (Å²) in [6.07, 6.45) is 0.307. The Kier molecular flexibility index (Phi) is 5.63. The summed E-state index contributed by atoms with van der Waals surface area (Å²) in [5.41, 5.74) is 1.30. The number of hydrogen-bond donors (Lipinski definition) is 1. The van der Waals surface area contributed by atoms with Crippen molar-refractivity contribution in [1.29, 1.82) is 0 Å². The maximum Gasteiger partial charge on any atom is 0.119 e. The molecule has 106 valence electrons. The zero-order chi connectivity index (χ0) is 13.5. The van der Waals surface area contributed by atoms with Crippen molar-refractivity contribution in [1.82, 2.24) is 10.2 Å². The van der Waals surface area contributed by atoms with Crippen LogP contribution in [0.5, 0.6) is 5.75 Å². The Bertz CT molecular complexity index is 361. The van der Waals surface area contributed by atoms with Crippen LogP contribution in [-0.4, -0.2) is 50.9 Å². The molecule has 0 aromatic heterocycles. The first-order valence-corrected chi connectivity index (χ1v) is 7.00. The summed E-state index contributed by atoms with van der Waals surface area (Å²) in [4.78, 5) is 2.30. The van der Waals surface area contributed by atoms with E-state index in [1.807, 2.05) is 19.1 Å². The monoisotopic (exact) mass is 264 g/mol. The summed E-state index contributed by atoms with van der Waals surface area (Å²) >= 11 is 0. The molecular formula is C15H24N2O2. The number of hydrogen-bond acceptors (Lipinski definition) is 4. The highest BCUT2D eigenvalue weighted by Crippen LogP contribution is 2.13. The van der Waals surface area contributed by atoms with Crippen LogP contribution in [0.15, 0.2) is 24.3 Å². The van der Waals surface area contributed by atoms with E-state index in [1.165, 1.54) is 5.56 Å². The van der Waals surface area contributed by atoms with E-state index in [0.29, 0.717) is 12.7 Å². The fourth-order valence-electron chi connectivity index (χ4n) is 2.32. The molecule has 0 spiro atoms. The minimum atomic E-state index is 0.307. The highest BCUT2D eigenvalue weighted by atomic mass is 16.5. The molecule has 1 aromatic rings. The molecule has 1 N–H and O–H groups in total. The molecule has 1 saturated heterocycles. The van der Waals surface area contributed by atoms with Gasteiger partial charge in [-0.05, 0) is 31.7 Å². The van der Waals surface area contributed by atoms with E-state index in [0.717, 1.165) is 38.5 Å². The lowest BCUT2D eigenvalue weighted by Gasteiger charge is -2.28. The van der Waals surface area contributed by atoms with Crippen LogP contribution in [-0.2, 0) is 11.3 Å². The van der Waals surface area contributed by atoms with Crippen LogP contribution in [0.2, 0.25) is 0 Å². The quantitative estimate of drug-likeness (QED) is 0.844. The second kappa shape index (κ2) is 7.48. The summed E-state index contributed by atoms with van der Waals surface area (Å²) in [5.74, 6) is 0.939. The van der Waals surface area contributed by atoms with Gasteiger partial charge < -0.3 is 14.8 Å². The normalized spacial score (nSPS) is 19.6. The second-order valence-corrected chi connectivity index (χ2v) is 4.97. The van der Waals surface area contributed by atoms with Crippen molar-refractivity contribution in [2.24, 2.45) is 0 Å². The maximum absolute atomic E-state index is 5.71. The molecular weight excluding hydrogens is 240 g/mol. The zero-order valence-electron chi connectivity index (χ0n) is 11.9. The van der Waals surface area contributed by atoms with Crippen molar-refractivity contribution in [2.75, 3.05) is 39.9 Å². The molecule has 4 heteroatoms. The first kappa shape index (κ1) is 14.3. The van der Waals surface area contributed by atoms with Crippen molar-refractivity contribution >= 4 is 0 Å². The van der Waals surface area contributed by atoms with Crippen LogP contribution >= 0.6 is 0 Å². The zero-order valence-corrected chi connectivity index (χ0v) is 11.9. The van der Waals surface area contributed by atoms with Gasteiger partial charge in [0.05, 0.1) is 19.3 Å². The summed E-state index contributed by atoms with van der Waals surface area (Å²) in [6, 6.07) is 8.32. The van der Waals surface area contributed by atoms with E-state index in [2.05, 4.69) is 29.4 Å². The number of nitrogens with one attached hydrogen (secondary N) is 1. The fraction of sp³-hybridized carbons (Fsp3) is 0.600. The summed E-state index contributed by atoms with van der Waals surface area (Å²) < 4.78 is 11.2. The molecule has 1 unspecified atom stereocenters. The van der Waals surface area contributed by atoms with Gasteiger partial charge in [-0.1, -0.05) is 12.1 Å². The van der Waals surface area contributed by atoms with Gasteiger partial charge in [-0.2, -0.15) is 0 Å². The third kappa shape index (κ3) is 4.82. The molecule has 1 aromatic carbocycles. The molecule has 0 bridgehead atoms. The Morgan fingerprint density at radius 2 is 2.16 bits per heavy atom. The van der Waals surface area contributed by atoms with Crippen molar-refractivity contribution in [2.45, 2.75) is 19.6 Å². The maximum atomic E-state index is 5.71. The smallest absolute Gasteiger partial charge is 0.119 e. The molecule has 1 aliphatic heterocycles. The molecule has 0 amide bonds. The van der Waals surface area contributed by atoms with Crippen LogP contribution in [0.1, 0.15) is 12.5 Å². The predicted molar refractivity (Wildman–Crippen MR) is 76.6 cm³/mol. The summed E-state index contributed by atoms with van der Waals surface area (Å²) in [6.45, 7) is 7.35. The third-order valence-corrected chi connectivity index (χ3v) is 3.21. The van der Waals surface area contributed by atoms with E-state index in [1.54, 1.807) is 0 Å². The lowest BCUT2D eigenvalue weighted by atomic mass is 10.2. The Hall–Kier alpha value is -1.10. The predicted octanol–water partition coefficient (Wildman–Crippen LogP) is 1.51. The Balaban J connectivity index is 1.78. The number of nitrogens with zero attached hydrogens (tertiary/aromatic N) is 1. The van der Waals surface area contributed by atoms with Gasteiger partial charge in [0, 0.05) is 26.2 Å². The van der Waals surface area contributed by atoms with Crippen LogP contribution in [0.4, 0.5) is 0 Å². The van der Waals surface area contributed by atoms with Gasteiger partial charge in [-0.25, -0.2) is 0 Å². The van der Waals surface area contributed by atoms with Gasteiger partial charge in [-0.15, -0.1) is 0 Å². The number of ether oxygens (including phenoxy) is 2. The van der Waals surface area contributed by atoms with Gasteiger partial charge in [0.1, 0.15) is 5.75 Å². The molecule has 1 atom stereocenters. The van der Waals surface area contributed by atoms with Gasteiger partial charge in [0.2, 0.25) is 0 Å². The van der Waals surface area contributed by atoms with Crippen LogP contribution < -0.4 is 10.1 Å². The number of benzene rings is 1. The number of morpholine rings is 1. The lowest BCUT2D eigenvalue weighted by molar-refractivity contribution is 0.00884. The third-order valence-electron chi connectivity index (χ3n) is 3.21. The average molecular weight is 264 g/mol. The van der Waals surface area contributed by atoms with Gasteiger partial charge in [0.15, 0.2) is 0 Å². The Morgan fingerprint density at radius 1 is 1.37 bits per heavy atom. The highest BCUT2D eigenvalue weighted by molar-refractivity contribution is 5.27. The van der Waals surface area contributed by atoms with E-state index in [9.17, 15) is 0 Å². The molecule has 0 radical (unpaired) electrons. The molecule has 2 rings (SSSR count). The van der Waals surface area contributed by atoms with Crippen molar-refractivity contribution in [3.05, 3.63) is 29.8 Å². The largest absolute Gasteiger partial charge is 0.494 e. The first-order valence-electron chi connectivity index (χ1n) is 7.00. The molecule has 0 saturated carbocycles. The van der Waals surface area contributed by atoms with E-state index in [-0.39, 0.29) is 0 Å². The van der Waals surface area contributed by atoms with Crippen molar-refractivity contribution < 1.29 is 9.47 Å². The van der Waals surface area contributed by atoms with E-state index >= 15 is 0 Å². The minimum absolute atomic E-state index is 0.307. The average Bonchev–Trinajstić information content (AvgIpc) is 2.42. The van der Waals surface area contributed by atoms with Gasteiger partial charge in [0.25, 0.3) is 0 Å². The van der Waals surface area contributed by atoms with Crippen molar-refractivity contribution in [3.63, 3.8) is 0 Å². The number of likely N-dealkylation sites (N-methyl/N-ethyl adjacent to an activating group) is 1. The SMILES string of the molecule is CCOc1ccc(CN(C)CC2CNCCO2)cc1. The molecule has 0 aliphatic carbocycles. The Labute approximate surface area is 115 Å². The van der Waals surface area contributed by atoms with Crippen LogP contribution in [0.25, 0.3) is 0 Å². The van der Waals surface area contributed by atoms with Gasteiger partial charge >= 0.3 is 0 Å². The number of rotatable bonds is 6. The summed E-state index contributed by atoms with van der Waals surface area (Å²) in [5, 5.41) is 3.36. The summed E-state index contributed by atoms with van der Waals surface area (Å²) in [7, 11) is 2.13. The molecule has 19 heavy (non-hydrogen) atoms. The minimum Gasteiger partial charge on any atom is -0.494 e. The molecule has 4 nitrogen and oxygen atoms in total. The molecule has 1 aliphatic rings. The lowest BCUT2D eigenvalue weighted by Crippen LogP contribution is -2.44. The van der Waals surface area contributed by atoms with Crippen molar-refractivity contribution in [3.8, 4) is 5.75 Å². The second-order valence-electron chi connectivity index (χ2n) is 4.97. The molecule has 1 fully saturated rings. The van der Waals surface area contributed by atoms with Gasteiger partial charge in [-0.3, -0.25) is 4.90 Å². The van der Waals surface area contributed by atoms with E-state index in [4.69, 9.17) is 9.47 Å². The fourth-order valence-corrected chi connectivity index (χ4v) is 2.32.